The number of rotatable bonds is 5. The zero-order valence-electron chi connectivity index (χ0n) is 15.0. The van der Waals surface area contributed by atoms with Crippen molar-refractivity contribution in [1.29, 1.82) is 0 Å². The lowest BCUT2D eigenvalue weighted by Crippen LogP contribution is -2.46. The topological polar surface area (TPSA) is 95.6 Å². The molecule has 7 heteroatoms. The molecule has 138 valence electrons. The number of fused-ring (bicyclic) bond motifs is 1. The van der Waals surface area contributed by atoms with E-state index in [1.165, 1.54) is 6.92 Å². The van der Waals surface area contributed by atoms with Crippen LogP contribution in [0.4, 0.5) is 11.4 Å². The van der Waals surface area contributed by atoms with E-state index in [0.29, 0.717) is 28.9 Å². The molecule has 0 saturated heterocycles. The fourth-order valence-electron chi connectivity index (χ4n) is 3.04. The molecule has 0 unspecified atom stereocenters. The number of benzene rings is 2. The molecule has 1 atom stereocenters. The highest BCUT2D eigenvalue weighted by Gasteiger charge is 2.41. The van der Waals surface area contributed by atoms with Crippen LogP contribution in [-0.2, 0) is 9.59 Å². The second-order valence-corrected chi connectivity index (χ2v) is 6.20. The Bertz CT molecular complexity index is 886. The molecule has 2 aromatic rings. The van der Waals surface area contributed by atoms with Crippen molar-refractivity contribution in [2.24, 2.45) is 0 Å². The van der Waals surface area contributed by atoms with E-state index in [9.17, 15) is 19.2 Å². The molecule has 0 bridgehead atoms. The van der Waals surface area contributed by atoms with Gasteiger partial charge in [0.2, 0.25) is 11.8 Å². The van der Waals surface area contributed by atoms with E-state index >= 15 is 0 Å². The highest BCUT2D eigenvalue weighted by atomic mass is 16.2. The van der Waals surface area contributed by atoms with Crippen LogP contribution in [0.25, 0.3) is 0 Å². The molecule has 1 aliphatic heterocycles. The van der Waals surface area contributed by atoms with Gasteiger partial charge in [-0.2, -0.15) is 0 Å². The van der Waals surface area contributed by atoms with Gasteiger partial charge in [0.15, 0.2) is 0 Å². The van der Waals surface area contributed by atoms with Crippen LogP contribution in [0.5, 0.6) is 0 Å². The summed E-state index contributed by atoms with van der Waals surface area (Å²) in [6.45, 7) is 3.15. The van der Waals surface area contributed by atoms with Crippen molar-refractivity contribution in [3.05, 3.63) is 59.7 Å². The van der Waals surface area contributed by atoms with E-state index in [-0.39, 0.29) is 5.91 Å². The number of imide groups is 1. The summed E-state index contributed by atoms with van der Waals surface area (Å²) in [5.41, 5.74) is 1.74. The summed E-state index contributed by atoms with van der Waals surface area (Å²) in [5, 5.41) is 5.36. The minimum Gasteiger partial charge on any atom is -0.326 e. The first-order chi connectivity index (χ1) is 12.9. The number of nitrogens with zero attached hydrogens (tertiary/aromatic N) is 1. The maximum Gasteiger partial charge on any atom is 0.262 e. The maximum atomic E-state index is 12.7. The quantitative estimate of drug-likeness (QED) is 0.796. The molecule has 0 spiro atoms. The minimum atomic E-state index is -0.910. The Morgan fingerprint density at radius 2 is 1.37 bits per heavy atom. The van der Waals surface area contributed by atoms with Gasteiger partial charge in [-0.05, 0) is 42.8 Å². The summed E-state index contributed by atoms with van der Waals surface area (Å²) in [6, 6.07) is 12.2. The zero-order valence-corrected chi connectivity index (χ0v) is 15.0. The van der Waals surface area contributed by atoms with Gasteiger partial charge in [0.1, 0.15) is 6.04 Å². The summed E-state index contributed by atoms with van der Waals surface area (Å²) in [4.78, 5) is 50.0. The van der Waals surface area contributed by atoms with E-state index in [1.807, 2.05) is 0 Å². The van der Waals surface area contributed by atoms with Crippen LogP contribution in [0.2, 0.25) is 0 Å². The van der Waals surface area contributed by atoms with Crippen molar-refractivity contribution in [2.75, 3.05) is 10.6 Å². The third-order valence-electron chi connectivity index (χ3n) is 4.30. The Hall–Kier alpha value is -3.48. The van der Waals surface area contributed by atoms with Crippen molar-refractivity contribution in [3.63, 3.8) is 0 Å². The summed E-state index contributed by atoms with van der Waals surface area (Å²) >= 11 is 0. The molecule has 0 aromatic heterocycles. The SMILES string of the molecule is CC[C@@H](C(=O)Nc1ccc(NC(C)=O)cc1)N1C(=O)c2ccccc2C1=O. The molecule has 0 saturated carbocycles. The molecule has 2 aromatic carbocycles. The molecule has 0 fully saturated rings. The third kappa shape index (κ3) is 3.57. The smallest absolute Gasteiger partial charge is 0.262 e. The lowest BCUT2D eigenvalue weighted by atomic mass is 10.1. The molecule has 1 heterocycles. The Morgan fingerprint density at radius 3 is 1.81 bits per heavy atom. The van der Waals surface area contributed by atoms with Gasteiger partial charge in [-0.1, -0.05) is 19.1 Å². The Labute approximate surface area is 156 Å². The van der Waals surface area contributed by atoms with E-state index in [0.717, 1.165) is 4.90 Å². The first-order valence-electron chi connectivity index (χ1n) is 8.57. The number of carbonyl (C=O) groups excluding carboxylic acids is 4. The molecular formula is C20H19N3O4. The average Bonchev–Trinajstić information content (AvgIpc) is 2.89. The number of hydrogen-bond acceptors (Lipinski definition) is 4. The van der Waals surface area contributed by atoms with Crippen LogP contribution >= 0.6 is 0 Å². The third-order valence-corrected chi connectivity index (χ3v) is 4.30. The molecule has 27 heavy (non-hydrogen) atoms. The van der Waals surface area contributed by atoms with Crippen LogP contribution in [0.15, 0.2) is 48.5 Å². The molecular weight excluding hydrogens is 346 g/mol. The molecule has 0 radical (unpaired) electrons. The van der Waals surface area contributed by atoms with Gasteiger partial charge in [0, 0.05) is 18.3 Å². The monoisotopic (exact) mass is 365 g/mol. The van der Waals surface area contributed by atoms with Gasteiger partial charge in [0.05, 0.1) is 11.1 Å². The number of nitrogens with one attached hydrogen (secondary N) is 2. The number of anilines is 2. The normalized spacial score (nSPS) is 13.9. The van der Waals surface area contributed by atoms with Gasteiger partial charge in [-0.25, -0.2) is 0 Å². The predicted octanol–water partition coefficient (Wildman–Crippen LogP) is 2.66. The first-order valence-corrected chi connectivity index (χ1v) is 8.57. The lowest BCUT2D eigenvalue weighted by Gasteiger charge is -2.24. The predicted molar refractivity (Wildman–Crippen MR) is 100 cm³/mol. The van der Waals surface area contributed by atoms with Crippen molar-refractivity contribution in [2.45, 2.75) is 26.3 Å². The zero-order chi connectivity index (χ0) is 19.6. The molecule has 2 N–H and O–H groups in total. The van der Waals surface area contributed by atoms with Crippen molar-refractivity contribution >= 4 is 35.0 Å². The van der Waals surface area contributed by atoms with E-state index in [2.05, 4.69) is 10.6 Å². The summed E-state index contributed by atoms with van der Waals surface area (Å²) in [5.74, 6) is -1.56. The Kier molecular flexibility index (Phi) is 5.03. The lowest BCUT2D eigenvalue weighted by molar-refractivity contribution is -0.120. The highest BCUT2D eigenvalue weighted by Crippen LogP contribution is 2.26. The second-order valence-electron chi connectivity index (χ2n) is 6.20. The van der Waals surface area contributed by atoms with E-state index in [1.54, 1.807) is 55.5 Å². The average molecular weight is 365 g/mol. The molecule has 4 amide bonds. The maximum absolute atomic E-state index is 12.7. The molecule has 1 aliphatic rings. The van der Waals surface area contributed by atoms with Crippen molar-refractivity contribution in [1.82, 2.24) is 4.90 Å². The summed E-state index contributed by atoms with van der Waals surface area (Å²) in [7, 11) is 0. The Balaban J connectivity index is 1.76. The number of carbonyl (C=O) groups is 4. The summed E-state index contributed by atoms with van der Waals surface area (Å²) in [6.07, 6.45) is 0.293. The van der Waals surface area contributed by atoms with Crippen molar-refractivity contribution < 1.29 is 19.2 Å². The largest absolute Gasteiger partial charge is 0.326 e. The molecule has 3 rings (SSSR count). The fraction of sp³-hybridized carbons (Fsp3) is 0.200. The van der Waals surface area contributed by atoms with Crippen LogP contribution in [0, 0.1) is 0 Å². The standard InChI is InChI=1S/C20H19N3O4/c1-3-17(23-19(26)15-6-4-5-7-16(15)20(23)27)18(25)22-14-10-8-13(9-11-14)21-12(2)24/h4-11,17H,3H2,1-2H3,(H,21,24)(H,22,25)/t17-/m0/s1. The van der Waals surface area contributed by atoms with E-state index < -0.39 is 23.8 Å². The number of hydrogen-bond donors (Lipinski definition) is 2. The van der Waals surface area contributed by atoms with Crippen LogP contribution in [0.1, 0.15) is 41.0 Å². The van der Waals surface area contributed by atoms with Gasteiger partial charge >= 0.3 is 0 Å². The number of amides is 4. The van der Waals surface area contributed by atoms with Crippen LogP contribution in [-0.4, -0.2) is 34.6 Å². The first kappa shape index (κ1) is 18.3. The highest BCUT2D eigenvalue weighted by molar-refractivity contribution is 6.23. The van der Waals surface area contributed by atoms with Gasteiger partial charge < -0.3 is 10.6 Å². The molecule has 7 nitrogen and oxygen atoms in total. The minimum absolute atomic E-state index is 0.191. The van der Waals surface area contributed by atoms with E-state index in [4.69, 9.17) is 0 Å². The van der Waals surface area contributed by atoms with Gasteiger partial charge in [0.25, 0.3) is 11.8 Å². The van der Waals surface area contributed by atoms with Gasteiger partial charge in [-0.15, -0.1) is 0 Å². The van der Waals surface area contributed by atoms with Crippen LogP contribution < -0.4 is 10.6 Å². The van der Waals surface area contributed by atoms with Crippen LogP contribution in [0.3, 0.4) is 0 Å². The summed E-state index contributed by atoms with van der Waals surface area (Å²) < 4.78 is 0. The second kappa shape index (κ2) is 7.41. The van der Waals surface area contributed by atoms with Gasteiger partial charge in [-0.3, -0.25) is 24.1 Å². The molecule has 0 aliphatic carbocycles. The Morgan fingerprint density at radius 1 is 0.889 bits per heavy atom. The fourth-order valence-corrected chi connectivity index (χ4v) is 3.04. The van der Waals surface area contributed by atoms with Crippen molar-refractivity contribution in [3.8, 4) is 0 Å².